The van der Waals surface area contributed by atoms with Gasteiger partial charge >= 0.3 is 5.97 Å². The van der Waals surface area contributed by atoms with Gasteiger partial charge in [0.25, 0.3) is 11.3 Å². The van der Waals surface area contributed by atoms with Crippen molar-refractivity contribution in [2.75, 3.05) is 17.3 Å². The Morgan fingerprint density at radius 2 is 1.97 bits per heavy atom. The highest BCUT2D eigenvalue weighted by Crippen LogP contribution is 2.50. The molecule has 2 aliphatic heterocycles. The lowest BCUT2D eigenvalue weighted by atomic mass is 9.83. The Balaban J connectivity index is 1.65. The summed E-state index contributed by atoms with van der Waals surface area (Å²) in [5.41, 5.74) is -3.00. The van der Waals surface area contributed by atoms with Crippen LogP contribution in [0.4, 0.5) is 8.78 Å². The summed E-state index contributed by atoms with van der Waals surface area (Å²) < 4.78 is 29.7. The molecule has 176 valence electrons. The summed E-state index contributed by atoms with van der Waals surface area (Å²) in [7, 11) is 1.53. The van der Waals surface area contributed by atoms with Gasteiger partial charge in [-0.3, -0.25) is 23.9 Å². The van der Waals surface area contributed by atoms with Crippen LogP contribution in [0.25, 0.3) is 0 Å². The molecule has 4 heterocycles. The molecular weight excluding hydrogens is 484 g/mol. The molecule has 33 heavy (non-hydrogen) atoms. The maximum atomic E-state index is 13.8. The quantitative estimate of drug-likeness (QED) is 0.396. The van der Waals surface area contributed by atoms with Crippen LogP contribution < -0.4 is 10.4 Å². The number of pyridine rings is 1. The molecule has 2 aromatic heterocycles. The summed E-state index contributed by atoms with van der Waals surface area (Å²) in [5, 5.41) is 20.2. The van der Waals surface area contributed by atoms with Gasteiger partial charge in [-0.2, -0.15) is 12.6 Å². The highest BCUT2D eigenvalue weighted by atomic mass is 32.2. The van der Waals surface area contributed by atoms with Crippen molar-refractivity contribution in [2.24, 2.45) is 12.5 Å². The smallest absolute Gasteiger partial charge is 0.313 e. The third kappa shape index (κ3) is 3.47. The minimum absolute atomic E-state index is 0.00701. The van der Waals surface area contributed by atoms with Crippen LogP contribution in [0.3, 0.4) is 0 Å². The van der Waals surface area contributed by atoms with E-state index in [0.717, 1.165) is 28.4 Å². The number of thioether (sulfide) groups is 1. The maximum Gasteiger partial charge on any atom is 0.313 e. The standard InChI is InChI=1S/C17H17F2N7O5S2/c1-7(27)26(24-3-8(18)11(28)9(19)4-24)10-14(29)25-5-17(16(30)31,6-33-15(10)25)12(32)13-20-21-22-23(13)2/h3-4,10,12,15,32H,5-6H2,1-2H3,(H,30,31)/t10?,12?,15-,17?/m1/s1. The molecule has 4 rings (SSSR count). The molecule has 16 heteroatoms. The van der Waals surface area contributed by atoms with E-state index in [1.807, 2.05) is 0 Å². The van der Waals surface area contributed by atoms with Gasteiger partial charge in [0.2, 0.25) is 5.91 Å². The fourth-order valence-electron chi connectivity index (χ4n) is 3.92. The Kier molecular flexibility index (Phi) is 5.68. The van der Waals surface area contributed by atoms with E-state index in [0.29, 0.717) is 12.4 Å². The van der Waals surface area contributed by atoms with E-state index in [9.17, 15) is 33.1 Å². The number of aromatic nitrogens is 5. The lowest BCUT2D eigenvalue weighted by molar-refractivity contribution is -0.158. The van der Waals surface area contributed by atoms with Gasteiger partial charge in [0.1, 0.15) is 10.8 Å². The van der Waals surface area contributed by atoms with E-state index in [1.165, 1.54) is 16.6 Å². The third-order valence-electron chi connectivity index (χ3n) is 5.68. The second kappa shape index (κ2) is 8.09. The molecule has 4 atom stereocenters. The number of β-lactam (4-membered cyclic amide) rings is 1. The zero-order valence-electron chi connectivity index (χ0n) is 17.1. The van der Waals surface area contributed by atoms with Crippen molar-refractivity contribution in [2.45, 2.75) is 23.6 Å². The minimum Gasteiger partial charge on any atom is -0.481 e. The summed E-state index contributed by atoms with van der Waals surface area (Å²) in [5.74, 6) is -5.20. The Labute approximate surface area is 193 Å². The predicted molar refractivity (Wildman–Crippen MR) is 112 cm³/mol. The summed E-state index contributed by atoms with van der Waals surface area (Å²) >= 11 is 5.54. The lowest BCUT2D eigenvalue weighted by Gasteiger charge is -2.56. The molecule has 3 unspecified atom stereocenters. The first kappa shape index (κ1) is 23.2. The van der Waals surface area contributed by atoms with Gasteiger partial charge in [-0.05, 0) is 10.4 Å². The van der Waals surface area contributed by atoms with Crippen LogP contribution in [0.15, 0.2) is 17.2 Å². The molecule has 0 aromatic carbocycles. The van der Waals surface area contributed by atoms with E-state index in [-0.39, 0.29) is 18.1 Å². The van der Waals surface area contributed by atoms with E-state index in [2.05, 4.69) is 28.2 Å². The number of fused-ring (bicyclic) bond motifs is 1. The van der Waals surface area contributed by atoms with Gasteiger partial charge in [0, 0.05) is 26.3 Å². The average molecular weight is 501 g/mol. The number of thiol groups is 1. The number of tetrazole rings is 1. The fourth-order valence-corrected chi connectivity index (χ4v) is 6.17. The number of rotatable bonds is 5. The minimum atomic E-state index is -1.54. The Bertz CT molecular complexity index is 1200. The SMILES string of the molecule is CC(=O)N(C1C(=O)N2CC(C(=O)O)(C(S)c3nnnn3C)CS[C@H]12)n1cc(F)c(=O)c(F)c1. The van der Waals surface area contributed by atoms with E-state index >= 15 is 0 Å². The van der Waals surface area contributed by atoms with Crippen LogP contribution in [-0.2, 0) is 21.4 Å². The predicted octanol–water partition coefficient (Wildman–Crippen LogP) is -0.840. The van der Waals surface area contributed by atoms with Gasteiger partial charge in [-0.25, -0.2) is 18.5 Å². The van der Waals surface area contributed by atoms with Crippen LogP contribution in [0.5, 0.6) is 0 Å². The topological polar surface area (TPSA) is 144 Å². The number of nitrogens with zero attached hydrogens (tertiary/aromatic N) is 7. The van der Waals surface area contributed by atoms with Crippen LogP contribution in [0, 0.1) is 17.0 Å². The molecule has 12 nitrogen and oxygen atoms in total. The Morgan fingerprint density at radius 1 is 1.33 bits per heavy atom. The van der Waals surface area contributed by atoms with Crippen LogP contribution in [0.2, 0.25) is 0 Å². The second-order valence-electron chi connectivity index (χ2n) is 7.66. The van der Waals surface area contributed by atoms with Crippen molar-refractivity contribution >= 4 is 42.2 Å². The maximum absolute atomic E-state index is 13.8. The number of hydrogen-bond donors (Lipinski definition) is 2. The zero-order chi connectivity index (χ0) is 24.2. The van der Waals surface area contributed by atoms with Crippen molar-refractivity contribution in [3.05, 3.63) is 40.1 Å². The van der Waals surface area contributed by atoms with Crippen LogP contribution in [-0.4, -0.2) is 76.4 Å². The highest BCUT2D eigenvalue weighted by molar-refractivity contribution is 8.00. The average Bonchev–Trinajstić information content (AvgIpc) is 3.19. The first-order valence-electron chi connectivity index (χ1n) is 9.43. The Morgan fingerprint density at radius 3 is 2.48 bits per heavy atom. The van der Waals surface area contributed by atoms with Gasteiger partial charge in [0.05, 0.1) is 17.6 Å². The molecular formula is C17H17F2N7O5S2. The summed E-state index contributed by atoms with van der Waals surface area (Å²) in [6.45, 7) is 0.860. The van der Waals surface area contributed by atoms with E-state index in [1.54, 1.807) is 0 Å². The third-order valence-corrected chi connectivity index (χ3v) is 7.95. The molecule has 2 aromatic rings. The molecule has 2 aliphatic rings. The summed E-state index contributed by atoms with van der Waals surface area (Å²) in [6, 6.07) is -1.16. The number of carbonyl (C=O) groups excluding carboxylic acids is 2. The fraction of sp³-hybridized carbons (Fsp3) is 0.471. The monoisotopic (exact) mass is 501 g/mol. The molecule has 0 bridgehead atoms. The zero-order valence-corrected chi connectivity index (χ0v) is 18.8. The summed E-state index contributed by atoms with van der Waals surface area (Å²) in [6.07, 6.45) is 1.23. The van der Waals surface area contributed by atoms with Crippen molar-refractivity contribution in [3.63, 3.8) is 0 Å². The first-order chi connectivity index (χ1) is 15.5. The number of carbonyl (C=O) groups is 3. The number of carboxylic acid groups (broad SMARTS) is 1. The van der Waals surface area contributed by atoms with Crippen LogP contribution in [0.1, 0.15) is 18.0 Å². The van der Waals surface area contributed by atoms with Gasteiger partial charge in [-0.1, -0.05) is 0 Å². The molecule has 2 amide bonds. The second-order valence-corrected chi connectivity index (χ2v) is 9.29. The van der Waals surface area contributed by atoms with Gasteiger partial charge in [-0.15, -0.1) is 16.9 Å². The Hall–Kier alpha value is -3.01. The largest absolute Gasteiger partial charge is 0.481 e. The lowest BCUT2D eigenvalue weighted by Crippen LogP contribution is -2.76. The van der Waals surface area contributed by atoms with Crippen molar-refractivity contribution in [1.82, 2.24) is 29.8 Å². The number of amides is 2. The van der Waals surface area contributed by atoms with E-state index < -0.39 is 56.9 Å². The van der Waals surface area contributed by atoms with Gasteiger partial charge in [0.15, 0.2) is 23.5 Å². The molecule has 2 fully saturated rings. The van der Waals surface area contributed by atoms with E-state index in [4.69, 9.17) is 0 Å². The molecule has 0 saturated carbocycles. The van der Waals surface area contributed by atoms with Crippen molar-refractivity contribution in [1.29, 1.82) is 0 Å². The highest BCUT2D eigenvalue weighted by Gasteiger charge is 2.62. The van der Waals surface area contributed by atoms with Gasteiger partial charge < -0.3 is 10.0 Å². The molecule has 0 spiro atoms. The normalized spacial score (nSPS) is 25.2. The number of hydrogen-bond acceptors (Lipinski definition) is 9. The molecule has 2 saturated heterocycles. The van der Waals surface area contributed by atoms with Crippen LogP contribution >= 0.6 is 24.4 Å². The number of carboxylic acids is 1. The molecule has 1 N–H and O–H groups in total. The summed E-state index contributed by atoms with van der Waals surface area (Å²) in [4.78, 5) is 50.3. The number of aliphatic carboxylic acids is 1. The molecule has 0 radical (unpaired) electrons. The van der Waals surface area contributed by atoms with Crippen molar-refractivity contribution in [3.8, 4) is 0 Å². The first-order valence-corrected chi connectivity index (χ1v) is 11.0. The number of aryl methyl sites for hydroxylation is 1. The molecule has 0 aliphatic carbocycles. The van der Waals surface area contributed by atoms with Crippen molar-refractivity contribution < 1.29 is 28.3 Å². The number of halogens is 2.